The lowest BCUT2D eigenvalue weighted by molar-refractivity contribution is -0.136. The van der Waals surface area contributed by atoms with Gasteiger partial charge in [-0.3, -0.25) is 14.4 Å². The highest BCUT2D eigenvalue weighted by atomic mass is 79.9. The summed E-state index contributed by atoms with van der Waals surface area (Å²) in [6, 6.07) is 6.85. The van der Waals surface area contributed by atoms with Crippen LogP contribution in [0.3, 0.4) is 0 Å². The van der Waals surface area contributed by atoms with Crippen LogP contribution in [0.25, 0.3) is 0 Å². The molecule has 0 aromatic heterocycles. The van der Waals surface area contributed by atoms with Gasteiger partial charge >= 0.3 is 11.8 Å². The van der Waals surface area contributed by atoms with Crippen LogP contribution in [-0.2, 0) is 14.4 Å². The molecule has 7 heteroatoms. The van der Waals surface area contributed by atoms with Crippen molar-refractivity contribution < 1.29 is 14.4 Å². The average molecular weight is 328 g/mol. The number of hydrogen-bond donors (Lipinski definition) is 3. The Morgan fingerprint density at radius 3 is 2.16 bits per heavy atom. The van der Waals surface area contributed by atoms with E-state index >= 15 is 0 Å². The van der Waals surface area contributed by atoms with Gasteiger partial charge < -0.3 is 16.0 Å². The normalized spacial score (nSPS) is 9.58. The van der Waals surface area contributed by atoms with Crippen molar-refractivity contribution in [3.8, 4) is 0 Å². The number of benzene rings is 1. The van der Waals surface area contributed by atoms with Gasteiger partial charge in [-0.05, 0) is 24.3 Å². The Labute approximate surface area is 119 Å². The number of anilines is 1. The highest BCUT2D eigenvalue weighted by molar-refractivity contribution is 9.10. The molecule has 0 aliphatic carbocycles. The van der Waals surface area contributed by atoms with Crippen LogP contribution < -0.4 is 16.0 Å². The number of nitrogens with one attached hydrogen (secondary N) is 3. The summed E-state index contributed by atoms with van der Waals surface area (Å²) in [5.74, 6) is -1.67. The number of amides is 3. The number of halogens is 1. The largest absolute Gasteiger partial charge is 0.355 e. The number of hydrogen-bond acceptors (Lipinski definition) is 3. The van der Waals surface area contributed by atoms with Crippen molar-refractivity contribution in [2.75, 3.05) is 18.4 Å². The maximum Gasteiger partial charge on any atom is 0.313 e. The van der Waals surface area contributed by atoms with Crippen LogP contribution in [0, 0.1) is 0 Å². The van der Waals surface area contributed by atoms with Crippen molar-refractivity contribution in [1.82, 2.24) is 10.6 Å². The van der Waals surface area contributed by atoms with E-state index in [1.165, 1.54) is 6.92 Å². The zero-order valence-corrected chi connectivity index (χ0v) is 11.9. The smallest absolute Gasteiger partial charge is 0.313 e. The van der Waals surface area contributed by atoms with Crippen molar-refractivity contribution in [2.45, 2.75) is 6.92 Å². The molecule has 0 radical (unpaired) electrons. The molecule has 0 unspecified atom stereocenters. The van der Waals surface area contributed by atoms with Gasteiger partial charge in [0.05, 0.1) is 0 Å². The second kappa shape index (κ2) is 7.52. The van der Waals surface area contributed by atoms with Crippen LogP contribution in [0.4, 0.5) is 5.69 Å². The molecule has 0 aliphatic heterocycles. The topological polar surface area (TPSA) is 87.3 Å². The fourth-order valence-corrected chi connectivity index (χ4v) is 1.48. The molecule has 1 rings (SSSR count). The summed E-state index contributed by atoms with van der Waals surface area (Å²) in [4.78, 5) is 33.5. The van der Waals surface area contributed by atoms with E-state index in [0.29, 0.717) is 5.69 Å². The van der Waals surface area contributed by atoms with E-state index in [1.807, 2.05) is 0 Å². The summed E-state index contributed by atoms with van der Waals surface area (Å²) in [5.41, 5.74) is 0.533. The monoisotopic (exact) mass is 327 g/mol. The zero-order chi connectivity index (χ0) is 14.3. The first kappa shape index (κ1) is 15.2. The van der Waals surface area contributed by atoms with Crippen LogP contribution in [0.15, 0.2) is 28.7 Å². The Morgan fingerprint density at radius 2 is 1.58 bits per heavy atom. The second-order valence-corrected chi connectivity index (χ2v) is 4.62. The van der Waals surface area contributed by atoms with Gasteiger partial charge in [-0.2, -0.15) is 0 Å². The molecular formula is C12H14BrN3O3. The Hall–Kier alpha value is -1.89. The summed E-state index contributed by atoms with van der Waals surface area (Å²) in [6.45, 7) is 1.86. The predicted molar refractivity (Wildman–Crippen MR) is 74.5 cm³/mol. The molecule has 0 saturated heterocycles. The maximum atomic E-state index is 11.5. The zero-order valence-electron chi connectivity index (χ0n) is 10.3. The third kappa shape index (κ3) is 6.01. The van der Waals surface area contributed by atoms with Gasteiger partial charge in [0.2, 0.25) is 5.91 Å². The number of carbonyl (C=O) groups excluding carboxylic acids is 3. The third-order valence-corrected chi connectivity index (χ3v) is 2.62. The molecule has 0 aliphatic rings. The lowest BCUT2D eigenvalue weighted by atomic mass is 10.3. The maximum absolute atomic E-state index is 11.5. The quantitative estimate of drug-likeness (QED) is 0.560. The summed E-state index contributed by atoms with van der Waals surface area (Å²) in [7, 11) is 0. The molecule has 0 bridgehead atoms. The van der Waals surface area contributed by atoms with Gasteiger partial charge in [-0.1, -0.05) is 15.9 Å². The van der Waals surface area contributed by atoms with Crippen LogP contribution in [0.5, 0.6) is 0 Å². The highest BCUT2D eigenvalue weighted by Gasteiger charge is 2.12. The van der Waals surface area contributed by atoms with E-state index in [0.717, 1.165) is 4.47 Å². The molecule has 3 amide bonds. The lowest BCUT2D eigenvalue weighted by Gasteiger charge is -2.06. The molecule has 3 N–H and O–H groups in total. The van der Waals surface area contributed by atoms with Crippen molar-refractivity contribution in [3.63, 3.8) is 0 Å². The van der Waals surface area contributed by atoms with E-state index < -0.39 is 11.8 Å². The van der Waals surface area contributed by atoms with Crippen molar-refractivity contribution in [3.05, 3.63) is 28.7 Å². The summed E-state index contributed by atoms with van der Waals surface area (Å²) in [5, 5.41) is 7.36. The van der Waals surface area contributed by atoms with Crippen LogP contribution >= 0.6 is 15.9 Å². The first-order valence-electron chi connectivity index (χ1n) is 5.58. The first-order chi connectivity index (χ1) is 8.99. The second-order valence-electron chi connectivity index (χ2n) is 3.70. The molecule has 0 heterocycles. The molecule has 0 fully saturated rings. The molecular weight excluding hydrogens is 314 g/mol. The molecule has 0 atom stereocenters. The standard InChI is InChI=1S/C12H14BrN3O3/c1-8(17)14-6-7-15-11(18)12(19)16-10-4-2-9(13)3-5-10/h2-5H,6-7H2,1H3,(H,14,17)(H,15,18)(H,16,19). The van der Waals surface area contributed by atoms with E-state index in [1.54, 1.807) is 24.3 Å². The molecule has 1 aromatic rings. The Morgan fingerprint density at radius 1 is 1.00 bits per heavy atom. The molecule has 0 spiro atoms. The van der Waals surface area contributed by atoms with Gasteiger partial charge in [-0.25, -0.2) is 0 Å². The molecule has 6 nitrogen and oxygen atoms in total. The fraction of sp³-hybridized carbons (Fsp3) is 0.250. The SMILES string of the molecule is CC(=O)NCCNC(=O)C(=O)Nc1ccc(Br)cc1. The van der Waals surface area contributed by atoms with Crippen LogP contribution in [0.2, 0.25) is 0 Å². The fourth-order valence-electron chi connectivity index (χ4n) is 1.22. The van der Waals surface area contributed by atoms with Gasteiger partial charge in [-0.15, -0.1) is 0 Å². The van der Waals surface area contributed by atoms with Gasteiger partial charge in [0.25, 0.3) is 0 Å². The summed E-state index contributed by atoms with van der Waals surface area (Å²) >= 11 is 3.27. The summed E-state index contributed by atoms with van der Waals surface area (Å²) < 4.78 is 0.880. The Balaban J connectivity index is 2.34. The van der Waals surface area contributed by atoms with Gasteiger partial charge in [0.1, 0.15) is 0 Å². The Bertz CT molecular complexity index is 474. The minimum Gasteiger partial charge on any atom is -0.355 e. The van der Waals surface area contributed by atoms with Crippen molar-refractivity contribution in [1.29, 1.82) is 0 Å². The average Bonchev–Trinajstić information content (AvgIpc) is 2.36. The van der Waals surface area contributed by atoms with Gasteiger partial charge in [0.15, 0.2) is 0 Å². The minimum absolute atomic E-state index is 0.187. The van der Waals surface area contributed by atoms with E-state index in [-0.39, 0.29) is 19.0 Å². The van der Waals surface area contributed by atoms with Crippen molar-refractivity contribution >= 4 is 39.3 Å². The predicted octanol–water partition coefficient (Wildman–Crippen LogP) is 0.640. The van der Waals surface area contributed by atoms with E-state index in [2.05, 4.69) is 31.9 Å². The first-order valence-corrected chi connectivity index (χ1v) is 6.37. The van der Waals surface area contributed by atoms with Crippen molar-refractivity contribution in [2.24, 2.45) is 0 Å². The molecule has 19 heavy (non-hydrogen) atoms. The lowest BCUT2D eigenvalue weighted by Crippen LogP contribution is -2.39. The highest BCUT2D eigenvalue weighted by Crippen LogP contribution is 2.13. The van der Waals surface area contributed by atoms with Crippen LogP contribution in [0.1, 0.15) is 6.92 Å². The van der Waals surface area contributed by atoms with Crippen LogP contribution in [-0.4, -0.2) is 30.8 Å². The number of rotatable bonds is 4. The molecule has 1 aromatic carbocycles. The minimum atomic E-state index is -0.745. The third-order valence-electron chi connectivity index (χ3n) is 2.09. The summed E-state index contributed by atoms with van der Waals surface area (Å²) in [6.07, 6.45) is 0. The number of carbonyl (C=O) groups is 3. The van der Waals surface area contributed by atoms with E-state index in [9.17, 15) is 14.4 Å². The molecule has 0 saturated carbocycles. The Kier molecular flexibility index (Phi) is 6.01. The van der Waals surface area contributed by atoms with Gasteiger partial charge in [0, 0.05) is 30.2 Å². The molecule has 102 valence electrons. The van der Waals surface area contributed by atoms with E-state index in [4.69, 9.17) is 0 Å².